The van der Waals surface area contributed by atoms with E-state index in [1.807, 2.05) is 18.2 Å². The standard InChI is InChI=1S/C50H38N2O2/c51-28-29-9-11-30(12-10-29)45-26-41(34-14-13-31-19-35(31)20-34)44-27-50(44,52-45)38-22-36(32-15-17-48-42(24-32)39-5-1-3-7-46(39)53-48)21-37(23-38)33-16-18-49-43(25-33)40-6-2-4-8-47(40)54-49/h1,3-5,7-12,15-18,20-26,31,35,44-45,52H,2,6,13-14,19,27H2. The minimum absolute atomic E-state index is 0.0481. The molecule has 0 saturated heterocycles. The van der Waals surface area contributed by atoms with Gasteiger partial charge in [0.25, 0.3) is 0 Å². The minimum Gasteiger partial charge on any atom is -0.456 e. The molecule has 1 N–H and O–H groups in total. The van der Waals surface area contributed by atoms with Crippen molar-refractivity contribution in [3.8, 4) is 28.3 Å². The highest BCUT2D eigenvalue weighted by Crippen LogP contribution is 2.63. The average Bonchev–Trinajstić information content (AvgIpc) is 4.11. The fraction of sp³-hybridized carbons (Fsp3) is 0.220. The van der Waals surface area contributed by atoms with Crippen LogP contribution in [-0.4, -0.2) is 0 Å². The number of allylic oxidation sites excluding steroid dienone is 3. The third-order valence-corrected chi connectivity index (χ3v) is 13.2. The van der Waals surface area contributed by atoms with E-state index in [9.17, 15) is 5.26 Å². The number of furan rings is 2. The smallest absolute Gasteiger partial charge is 0.135 e. The van der Waals surface area contributed by atoms with Crippen molar-refractivity contribution in [2.75, 3.05) is 0 Å². The number of nitriles is 1. The minimum atomic E-state index is -0.204. The fourth-order valence-corrected chi connectivity index (χ4v) is 10.1. The number of para-hydroxylation sites is 1. The molecule has 4 nitrogen and oxygen atoms in total. The maximum absolute atomic E-state index is 9.56. The van der Waals surface area contributed by atoms with Crippen LogP contribution in [0.25, 0.3) is 61.2 Å². The molecule has 2 saturated carbocycles. The Morgan fingerprint density at radius 3 is 2.31 bits per heavy atom. The van der Waals surface area contributed by atoms with Gasteiger partial charge in [-0.05, 0) is 162 Å². The van der Waals surface area contributed by atoms with Crippen LogP contribution in [0.4, 0.5) is 0 Å². The third-order valence-electron chi connectivity index (χ3n) is 13.2. The van der Waals surface area contributed by atoms with Gasteiger partial charge in [-0.25, -0.2) is 0 Å². The zero-order valence-corrected chi connectivity index (χ0v) is 29.9. The first-order chi connectivity index (χ1) is 26.6. The van der Waals surface area contributed by atoms with E-state index in [-0.39, 0.29) is 11.6 Å². The van der Waals surface area contributed by atoms with E-state index in [0.29, 0.717) is 11.5 Å². The van der Waals surface area contributed by atoms with Crippen molar-refractivity contribution < 1.29 is 8.83 Å². The van der Waals surface area contributed by atoms with E-state index in [1.54, 1.807) is 5.57 Å². The molecule has 3 heterocycles. The van der Waals surface area contributed by atoms with Crippen molar-refractivity contribution in [1.82, 2.24) is 5.32 Å². The number of hydrogen-bond acceptors (Lipinski definition) is 4. The molecule has 12 rings (SSSR count). The second-order valence-corrected chi connectivity index (χ2v) is 16.3. The molecule has 0 radical (unpaired) electrons. The number of hydrogen-bond donors (Lipinski definition) is 1. The van der Waals surface area contributed by atoms with Crippen molar-refractivity contribution in [3.63, 3.8) is 0 Å². The molecule has 4 heteroatoms. The summed E-state index contributed by atoms with van der Waals surface area (Å²) in [6.07, 6.45) is 16.4. The lowest BCUT2D eigenvalue weighted by atomic mass is 9.82. The van der Waals surface area contributed by atoms with Crippen LogP contribution in [0.3, 0.4) is 0 Å². The van der Waals surface area contributed by atoms with E-state index < -0.39 is 0 Å². The molecule has 260 valence electrons. The summed E-state index contributed by atoms with van der Waals surface area (Å²) in [7, 11) is 0. The van der Waals surface area contributed by atoms with E-state index in [1.165, 1.54) is 69.2 Å². The summed E-state index contributed by atoms with van der Waals surface area (Å²) in [6.45, 7) is 0. The molecule has 7 aromatic rings. The first kappa shape index (κ1) is 30.6. The molecule has 54 heavy (non-hydrogen) atoms. The Morgan fingerprint density at radius 2 is 1.50 bits per heavy atom. The quantitative estimate of drug-likeness (QED) is 0.194. The predicted octanol–water partition coefficient (Wildman–Crippen LogP) is 12.3. The van der Waals surface area contributed by atoms with Crippen LogP contribution in [0.2, 0.25) is 0 Å². The van der Waals surface area contributed by atoms with E-state index in [2.05, 4.69) is 121 Å². The first-order valence-electron chi connectivity index (χ1n) is 19.6. The van der Waals surface area contributed by atoms with Crippen molar-refractivity contribution in [2.24, 2.45) is 17.8 Å². The Balaban J connectivity index is 1.04. The van der Waals surface area contributed by atoms with Crippen molar-refractivity contribution in [3.05, 3.63) is 161 Å². The maximum atomic E-state index is 9.56. The zero-order valence-electron chi connectivity index (χ0n) is 29.9. The molecule has 0 bridgehead atoms. The van der Waals surface area contributed by atoms with Gasteiger partial charge in [-0.3, -0.25) is 5.32 Å². The summed E-state index contributed by atoms with van der Waals surface area (Å²) in [5.74, 6) is 3.06. The Morgan fingerprint density at radius 1 is 0.722 bits per heavy atom. The summed E-state index contributed by atoms with van der Waals surface area (Å²) >= 11 is 0. The van der Waals surface area contributed by atoms with Gasteiger partial charge in [-0.15, -0.1) is 0 Å². The number of rotatable bonds is 5. The van der Waals surface area contributed by atoms with E-state index in [0.717, 1.165) is 64.4 Å². The monoisotopic (exact) mass is 698 g/mol. The summed E-state index contributed by atoms with van der Waals surface area (Å²) in [5.41, 5.74) is 15.0. The maximum Gasteiger partial charge on any atom is 0.135 e. The Hall–Kier alpha value is -5.89. The van der Waals surface area contributed by atoms with Crippen molar-refractivity contribution in [1.29, 1.82) is 5.26 Å². The molecule has 0 spiro atoms. The molecule has 5 aromatic carbocycles. The van der Waals surface area contributed by atoms with Crippen LogP contribution in [0.5, 0.6) is 0 Å². The predicted molar refractivity (Wildman–Crippen MR) is 216 cm³/mol. The molecule has 1 aliphatic heterocycles. The molecule has 5 atom stereocenters. The zero-order chi connectivity index (χ0) is 35.5. The number of fused-ring (bicyclic) bond motifs is 8. The van der Waals surface area contributed by atoms with Gasteiger partial charge < -0.3 is 8.83 Å². The van der Waals surface area contributed by atoms with E-state index >= 15 is 0 Å². The summed E-state index contributed by atoms with van der Waals surface area (Å²) in [4.78, 5) is 0. The lowest BCUT2D eigenvalue weighted by Crippen LogP contribution is -2.37. The average molecular weight is 699 g/mol. The van der Waals surface area contributed by atoms with Gasteiger partial charge in [-0.1, -0.05) is 60.7 Å². The van der Waals surface area contributed by atoms with Gasteiger partial charge in [0.1, 0.15) is 22.5 Å². The van der Waals surface area contributed by atoms with Gasteiger partial charge in [0.2, 0.25) is 0 Å². The second-order valence-electron chi connectivity index (χ2n) is 16.3. The lowest BCUT2D eigenvalue weighted by Gasteiger charge is -2.33. The summed E-state index contributed by atoms with van der Waals surface area (Å²) < 4.78 is 12.5. The topological polar surface area (TPSA) is 62.1 Å². The lowest BCUT2D eigenvalue weighted by molar-refractivity contribution is 0.432. The van der Waals surface area contributed by atoms with Crippen molar-refractivity contribution in [2.45, 2.75) is 50.1 Å². The molecule has 4 aliphatic carbocycles. The van der Waals surface area contributed by atoms with E-state index in [4.69, 9.17) is 8.83 Å². The van der Waals surface area contributed by atoms with Crippen LogP contribution in [0.15, 0.2) is 141 Å². The highest BCUT2D eigenvalue weighted by molar-refractivity contribution is 6.06. The van der Waals surface area contributed by atoms with Crippen LogP contribution in [-0.2, 0) is 12.0 Å². The van der Waals surface area contributed by atoms with Gasteiger partial charge in [0.05, 0.1) is 23.2 Å². The molecule has 5 aliphatic rings. The Bertz CT molecular complexity index is 2860. The molecule has 0 amide bonds. The van der Waals surface area contributed by atoms with Gasteiger partial charge >= 0.3 is 0 Å². The molecular weight excluding hydrogens is 661 g/mol. The number of nitrogens with one attached hydrogen (secondary N) is 1. The van der Waals surface area contributed by atoms with Crippen LogP contribution in [0.1, 0.15) is 66.2 Å². The van der Waals surface area contributed by atoms with Gasteiger partial charge in [0.15, 0.2) is 0 Å². The molecule has 5 unspecified atom stereocenters. The third kappa shape index (κ3) is 4.71. The fourth-order valence-electron chi connectivity index (χ4n) is 10.1. The van der Waals surface area contributed by atoms with Crippen LogP contribution >= 0.6 is 0 Å². The SMILES string of the molecule is N#Cc1ccc(C2C=C(C3=CC4CC4CC3)C3CC3(c3cc(-c4ccc5oc6c(c5c4)CCC=C6)cc(-c4ccc5oc6ccccc6c5c4)c3)N2)cc1. The highest BCUT2D eigenvalue weighted by atomic mass is 16.3. The second kappa shape index (κ2) is 11.3. The number of aryl methyl sites for hydroxylation is 1. The number of nitrogens with zero attached hydrogens (tertiary/aromatic N) is 1. The van der Waals surface area contributed by atoms with Crippen molar-refractivity contribution >= 4 is 39.0 Å². The summed E-state index contributed by atoms with van der Waals surface area (Å²) in [5, 5.41) is 17.3. The Labute approximate surface area is 314 Å². The van der Waals surface area contributed by atoms with Gasteiger partial charge in [0, 0.05) is 27.6 Å². The first-order valence-corrected chi connectivity index (χ1v) is 19.6. The summed E-state index contributed by atoms with van der Waals surface area (Å²) in [6, 6.07) is 39.6. The normalized spacial score (nSPS) is 25.1. The van der Waals surface area contributed by atoms with Crippen LogP contribution < -0.4 is 5.32 Å². The molecular formula is C50H38N2O2. The largest absolute Gasteiger partial charge is 0.456 e. The highest BCUT2D eigenvalue weighted by Gasteiger charge is 2.60. The molecule has 2 fully saturated rings. The Kier molecular flexibility index (Phi) is 6.40. The number of benzene rings is 5. The van der Waals surface area contributed by atoms with Gasteiger partial charge in [-0.2, -0.15) is 5.26 Å². The molecule has 2 aromatic heterocycles. The van der Waals surface area contributed by atoms with Crippen LogP contribution in [0, 0.1) is 29.1 Å².